The molecule has 0 aromatic heterocycles. The molecule has 53 heavy (non-hydrogen) atoms. The highest BCUT2D eigenvalue weighted by molar-refractivity contribution is 7.85. The standard InChI is InChI=1S/C48H99NO3S/c1-4-7-10-13-16-19-22-25-28-31-34-37-40-44-49(47-43-48-53(50,51)52,45-41-38-35-32-29-26-23-20-17-14-11-8-5-2)46-42-39-36-33-30-27-24-21-18-15-12-9-6-3/h4-48H2,1-3H3. The van der Waals surface area contributed by atoms with Crippen LogP contribution < -0.4 is 0 Å². The van der Waals surface area contributed by atoms with Crippen LogP contribution in [0.1, 0.15) is 278 Å². The average Bonchev–Trinajstić information content (AvgIpc) is 3.13. The zero-order chi connectivity index (χ0) is 38.8. The van der Waals surface area contributed by atoms with Crippen molar-refractivity contribution in [3.8, 4) is 0 Å². The summed E-state index contributed by atoms with van der Waals surface area (Å²) in [4.78, 5) is 0. The Labute approximate surface area is 335 Å². The topological polar surface area (TPSA) is 57.2 Å². The van der Waals surface area contributed by atoms with Crippen molar-refractivity contribution in [2.24, 2.45) is 0 Å². The first-order valence-corrected chi connectivity index (χ1v) is 26.3. The van der Waals surface area contributed by atoms with Crippen LogP contribution in [0.5, 0.6) is 0 Å². The van der Waals surface area contributed by atoms with Gasteiger partial charge in [0.15, 0.2) is 0 Å². The molecule has 0 radical (unpaired) electrons. The third-order valence-electron chi connectivity index (χ3n) is 12.2. The van der Waals surface area contributed by atoms with E-state index in [4.69, 9.17) is 0 Å². The van der Waals surface area contributed by atoms with Crippen molar-refractivity contribution in [2.75, 3.05) is 31.9 Å². The highest BCUT2D eigenvalue weighted by Gasteiger charge is 2.26. The van der Waals surface area contributed by atoms with E-state index in [0.29, 0.717) is 6.42 Å². The van der Waals surface area contributed by atoms with Crippen LogP contribution in [0.15, 0.2) is 0 Å². The van der Waals surface area contributed by atoms with E-state index in [9.17, 15) is 13.0 Å². The Bertz CT molecular complexity index is 727. The quantitative estimate of drug-likeness (QED) is 0.0352. The van der Waals surface area contributed by atoms with Gasteiger partial charge in [-0.1, -0.05) is 233 Å². The molecule has 0 saturated heterocycles. The fourth-order valence-corrected chi connectivity index (χ4v) is 9.13. The minimum absolute atomic E-state index is 0.192. The summed E-state index contributed by atoms with van der Waals surface area (Å²) in [6.07, 6.45) is 54.1. The van der Waals surface area contributed by atoms with E-state index in [2.05, 4.69) is 20.8 Å². The second-order valence-corrected chi connectivity index (χ2v) is 19.1. The van der Waals surface area contributed by atoms with Crippen LogP contribution >= 0.6 is 0 Å². The molecule has 0 aliphatic heterocycles. The molecule has 0 spiro atoms. The first kappa shape index (κ1) is 52.9. The molecule has 320 valence electrons. The number of quaternary nitrogens is 1. The third-order valence-corrected chi connectivity index (χ3v) is 13.0. The van der Waals surface area contributed by atoms with Crippen molar-refractivity contribution < 1.29 is 17.5 Å². The third kappa shape index (κ3) is 41.3. The van der Waals surface area contributed by atoms with Gasteiger partial charge in [-0.15, -0.1) is 0 Å². The van der Waals surface area contributed by atoms with Gasteiger partial charge in [-0.2, -0.15) is 0 Å². The summed E-state index contributed by atoms with van der Waals surface area (Å²) in [7, 11) is -4.15. The van der Waals surface area contributed by atoms with Gasteiger partial charge in [0.2, 0.25) is 0 Å². The Balaban J connectivity index is 4.74. The first-order chi connectivity index (χ1) is 25.9. The van der Waals surface area contributed by atoms with Crippen LogP contribution in [-0.2, 0) is 10.1 Å². The summed E-state index contributed by atoms with van der Waals surface area (Å²) in [5, 5.41) is 0. The van der Waals surface area contributed by atoms with E-state index < -0.39 is 10.1 Å². The van der Waals surface area contributed by atoms with Gasteiger partial charge in [0, 0.05) is 12.2 Å². The van der Waals surface area contributed by atoms with Gasteiger partial charge in [-0.25, -0.2) is 8.42 Å². The first-order valence-electron chi connectivity index (χ1n) is 24.7. The van der Waals surface area contributed by atoms with Crippen LogP contribution in [0, 0.1) is 0 Å². The van der Waals surface area contributed by atoms with Gasteiger partial charge in [-0.3, -0.25) is 0 Å². The molecule has 0 amide bonds. The second-order valence-electron chi connectivity index (χ2n) is 17.6. The summed E-state index contributed by atoms with van der Waals surface area (Å²) in [5.74, 6) is -0.192. The lowest BCUT2D eigenvalue weighted by atomic mass is 10.0. The molecular formula is C48H99NO3S. The molecular weight excluding hydrogens is 671 g/mol. The van der Waals surface area contributed by atoms with Gasteiger partial charge in [0.05, 0.1) is 36.3 Å². The number of rotatable bonds is 46. The minimum Gasteiger partial charge on any atom is -0.748 e. The summed E-state index contributed by atoms with van der Waals surface area (Å²) in [5.41, 5.74) is 0. The predicted octanol–water partition coefficient (Wildman–Crippen LogP) is 16.0. The van der Waals surface area contributed by atoms with Gasteiger partial charge in [-0.05, 0) is 38.5 Å². The van der Waals surface area contributed by atoms with Crippen LogP contribution in [0.4, 0.5) is 0 Å². The summed E-state index contributed by atoms with van der Waals surface area (Å²) in [6, 6.07) is 0. The van der Waals surface area contributed by atoms with E-state index >= 15 is 0 Å². The van der Waals surface area contributed by atoms with E-state index in [1.165, 1.54) is 270 Å². The molecule has 0 aliphatic rings. The fraction of sp³-hybridized carbons (Fsp3) is 1.00. The normalized spacial score (nSPS) is 12.3. The van der Waals surface area contributed by atoms with Crippen LogP contribution in [-0.4, -0.2) is 49.4 Å². The molecule has 0 heterocycles. The molecule has 0 aromatic rings. The molecule has 0 N–H and O–H groups in total. The molecule has 4 nitrogen and oxygen atoms in total. The largest absolute Gasteiger partial charge is 0.748 e. The van der Waals surface area contributed by atoms with Crippen LogP contribution in [0.25, 0.3) is 0 Å². The molecule has 0 atom stereocenters. The van der Waals surface area contributed by atoms with E-state index in [-0.39, 0.29) is 5.75 Å². The minimum atomic E-state index is -4.15. The Morgan fingerprint density at radius 3 is 0.642 bits per heavy atom. The summed E-state index contributed by atoms with van der Waals surface area (Å²) >= 11 is 0. The Morgan fingerprint density at radius 1 is 0.283 bits per heavy atom. The molecule has 0 unspecified atom stereocenters. The Morgan fingerprint density at radius 2 is 0.453 bits per heavy atom. The number of unbranched alkanes of at least 4 members (excludes halogenated alkanes) is 36. The summed E-state index contributed by atoms with van der Waals surface area (Å²) in [6.45, 7) is 11.3. The van der Waals surface area contributed by atoms with E-state index in [0.717, 1.165) is 11.0 Å². The van der Waals surface area contributed by atoms with Gasteiger partial charge in [0.25, 0.3) is 0 Å². The lowest BCUT2D eigenvalue weighted by Crippen LogP contribution is -2.51. The Kier molecular flexibility index (Phi) is 41.4. The molecule has 0 rings (SSSR count). The smallest absolute Gasteiger partial charge is 0.0948 e. The zero-order valence-corrected chi connectivity index (χ0v) is 37.7. The van der Waals surface area contributed by atoms with Gasteiger partial charge < -0.3 is 9.04 Å². The highest BCUT2D eigenvalue weighted by Crippen LogP contribution is 2.21. The maximum absolute atomic E-state index is 11.6. The van der Waals surface area contributed by atoms with Gasteiger partial charge in [0.1, 0.15) is 0 Å². The molecule has 0 bridgehead atoms. The molecule has 5 heteroatoms. The van der Waals surface area contributed by atoms with Crippen molar-refractivity contribution in [3.63, 3.8) is 0 Å². The molecule has 0 fully saturated rings. The van der Waals surface area contributed by atoms with Crippen molar-refractivity contribution >= 4 is 10.1 Å². The zero-order valence-electron chi connectivity index (χ0n) is 36.9. The van der Waals surface area contributed by atoms with Crippen LogP contribution in [0.2, 0.25) is 0 Å². The SMILES string of the molecule is CCCCCCCCCCCCCCC[N+](CCCCCCCCCCCCCCC)(CCCCCCCCCCCCCCC)CCCS(=O)(=O)[O-]. The Hall–Kier alpha value is -0.130. The number of hydrogen-bond acceptors (Lipinski definition) is 3. The van der Waals surface area contributed by atoms with Gasteiger partial charge >= 0.3 is 0 Å². The highest BCUT2D eigenvalue weighted by atomic mass is 32.2. The predicted molar refractivity (Wildman–Crippen MR) is 236 cm³/mol. The van der Waals surface area contributed by atoms with Crippen molar-refractivity contribution in [1.82, 2.24) is 0 Å². The fourth-order valence-electron chi connectivity index (χ4n) is 8.64. The van der Waals surface area contributed by atoms with Crippen LogP contribution in [0.3, 0.4) is 0 Å². The van der Waals surface area contributed by atoms with E-state index in [1.54, 1.807) is 0 Å². The van der Waals surface area contributed by atoms with Crippen molar-refractivity contribution in [3.05, 3.63) is 0 Å². The second kappa shape index (κ2) is 41.5. The maximum atomic E-state index is 11.6. The lowest BCUT2D eigenvalue weighted by molar-refractivity contribution is -0.928. The average molecular weight is 770 g/mol. The van der Waals surface area contributed by atoms with Crippen molar-refractivity contribution in [1.29, 1.82) is 0 Å². The monoisotopic (exact) mass is 770 g/mol. The number of hydrogen-bond donors (Lipinski definition) is 0. The number of nitrogens with zero attached hydrogens (tertiary/aromatic N) is 1. The molecule has 0 saturated carbocycles. The molecule has 0 aromatic carbocycles. The maximum Gasteiger partial charge on any atom is 0.0948 e. The lowest BCUT2D eigenvalue weighted by Gasteiger charge is -2.40. The van der Waals surface area contributed by atoms with Crippen molar-refractivity contribution in [2.45, 2.75) is 278 Å². The summed E-state index contributed by atoms with van der Waals surface area (Å²) < 4.78 is 35.9. The van der Waals surface area contributed by atoms with E-state index in [1.807, 2.05) is 0 Å². The molecule has 0 aliphatic carbocycles.